The fourth-order valence-electron chi connectivity index (χ4n) is 2.22. The smallest absolute Gasteiger partial charge is 0.241 e. The molecule has 1 aromatic rings. The molecule has 1 aromatic heterocycles. The van der Waals surface area contributed by atoms with Crippen LogP contribution in [0.1, 0.15) is 30.6 Å². The van der Waals surface area contributed by atoms with Crippen molar-refractivity contribution in [2.24, 2.45) is 0 Å². The Hall–Kier alpha value is -0.0800. The highest BCUT2D eigenvalue weighted by Crippen LogP contribution is 2.26. The lowest BCUT2D eigenvalue weighted by atomic mass is 10.2. The largest absolute Gasteiger partial charge is 0.309 e. The van der Waals surface area contributed by atoms with Crippen LogP contribution in [0.25, 0.3) is 0 Å². The predicted octanol–water partition coefficient (Wildman–Crippen LogP) is 2.17. The van der Waals surface area contributed by atoms with E-state index in [2.05, 4.69) is 10.0 Å². The Labute approximate surface area is 128 Å². The molecule has 2 fully saturated rings. The van der Waals surface area contributed by atoms with Crippen molar-refractivity contribution in [2.45, 2.75) is 48.4 Å². The van der Waals surface area contributed by atoms with Crippen LogP contribution in [0.15, 0.2) is 16.3 Å². The van der Waals surface area contributed by atoms with Crippen LogP contribution in [0.4, 0.5) is 0 Å². The first-order valence-electron chi connectivity index (χ1n) is 7.05. The standard InChI is InChI=1S/C13H20N2O2S3/c16-20(17,15-8-11-2-1-5-18-11)13-6-12(19-9-13)7-14-10-3-4-10/h6,9-11,14-15H,1-5,7-8H2. The minimum Gasteiger partial charge on any atom is -0.309 e. The van der Waals surface area contributed by atoms with Gasteiger partial charge in [0.2, 0.25) is 10.0 Å². The van der Waals surface area contributed by atoms with E-state index < -0.39 is 10.0 Å². The number of thioether (sulfide) groups is 1. The zero-order chi connectivity index (χ0) is 14.0. The molecule has 0 amide bonds. The van der Waals surface area contributed by atoms with Gasteiger partial charge in [-0.25, -0.2) is 13.1 Å². The molecule has 2 heterocycles. The Balaban J connectivity index is 1.55. The molecule has 2 N–H and O–H groups in total. The predicted molar refractivity (Wildman–Crippen MR) is 84.8 cm³/mol. The van der Waals surface area contributed by atoms with Gasteiger partial charge in [-0.3, -0.25) is 0 Å². The molecule has 20 heavy (non-hydrogen) atoms. The molecule has 112 valence electrons. The van der Waals surface area contributed by atoms with Crippen molar-refractivity contribution in [2.75, 3.05) is 12.3 Å². The number of rotatable bonds is 7. The number of hydrogen-bond acceptors (Lipinski definition) is 5. The summed E-state index contributed by atoms with van der Waals surface area (Å²) in [4.78, 5) is 1.51. The molecule has 3 rings (SSSR count). The van der Waals surface area contributed by atoms with Gasteiger partial charge in [-0.15, -0.1) is 11.3 Å². The van der Waals surface area contributed by atoms with Crippen molar-refractivity contribution in [3.8, 4) is 0 Å². The van der Waals surface area contributed by atoms with E-state index in [0.29, 0.717) is 22.7 Å². The van der Waals surface area contributed by atoms with Gasteiger partial charge in [0.05, 0.1) is 4.90 Å². The quantitative estimate of drug-likeness (QED) is 0.803. The zero-order valence-electron chi connectivity index (χ0n) is 11.3. The highest BCUT2D eigenvalue weighted by Gasteiger charge is 2.22. The van der Waals surface area contributed by atoms with Gasteiger partial charge >= 0.3 is 0 Å². The van der Waals surface area contributed by atoms with E-state index in [1.165, 1.54) is 30.6 Å². The van der Waals surface area contributed by atoms with Crippen LogP contribution in [-0.4, -0.2) is 32.0 Å². The molecule has 1 atom stereocenters. The summed E-state index contributed by atoms with van der Waals surface area (Å²) in [5.41, 5.74) is 0. The van der Waals surface area contributed by atoms with Gasteiger partial charge in [-0.1, -0.05) is 0 Å². The summed E-state index contributed by atoms with van der Waals surface area (Å²) in [6.45, 7) is 1.34. The molecule has 0 radical (unpaired) electrons. The summed E-state index contributed by atoms with van der Waals surface area (Å²) in [6, 6.07) is 2.44. The molecule has 0 aromatic carbocycles. The first-order valence-corrected chi connectivity index (χ1v) is 10.5. The Bertz CT molecular complexity index is 546. The Kier molecular flexibility index (Phi) is 4.72. The normalized spacial score (nSPS) is 23.3. The molecule has 1 aliphatic heterocycles. The molecule has 0 bridgehead atoms. The Morgan fingerprint density at radius 3 is 2.85 bits per heavy atom. The first-order chi connectivity index (χ1) is 9.63. The molecule has 0 spiro atoms. The second-order valence-electron chi connectivity index (χ2n) is 5.39. The maximum atomic E-state index is 12.2. The summed E-state index contributed by atoms with van der Waals surface area (Å²) < 4.78 is 27.2. The van der Waals surface area contributed by atoms with Gasteiger partial charge in [-0.05, 0) is 37.5 Å². The Morgan fingerprint density at radius 2 is 2.15 bits per heavy atom. The molecule has 2 aliphatic rings. The van der Waals surface area contributed by atoms with Crippen LogP contribution < -0.4 is 10.0 Å². The highest BCUT2D eigenvalue weighted by molar-refractivity contribution is 8.00. The van der Waals surface area contributed by atoms with E-state index >= 15 is 0 Å². The lowest BCUT2D eigenvalue weighted by Gasteiger charge is -2.09. The summed E-state index contributed by atoms with van der Waals surface area (Å²) in [5, 5.41) is 5.59. The maximum Gasteiger partial charge on any atom is 0.241 e. The van der Waals surface area contributed by atoms with E-state index in [1.807, 2.05) is 11.8 Å². The summed E-state index contributed by atoms with van der Waals surface area (Å²) >= 11 is 3.38. The highest BCUT2D eigenvalue weighted by atomic mass is 32.2. The average Bonchev–Trinajstić information content (AvgIpc) is 2.94. The van der Waals surface area contributed by atoms with Crippen molar-refractivity contribution < 1.29 is 8.42 Å². The van der Waals surface area contributed by atoms with Gasteiger partial charge in [0.25, 0.3) is 0 Å². The average molecular weight is 333 g/mol. The van der Waals surface area contributed by atoms with E-state index in [1.54, 1.807) is 11.4 Å². The maximum absolute atomic E-state index is 12.2. The zero-order valence-corrected chi connectivity index (χ0v) is 13.7. The Morgan fingerprint density at radius 1 is 1.30 bits per heavy atom. The molecule has 1 aliphatic carbocycles. The molecular formula is C13H20N2O2S3. The third-order valence-electron chi connectivity index (χ3n) is 3.61. The molecule has 1 saturated heterocycles. The van der Waals surface area contributed by atoms with Gasteiger partial charge in [-0.2, -0.15) is 11.8 Å². The third-order valence-corrected chi connectivity index (χ3v) is 7.49. The monoisotopic (exact) mass is 332 g/mol. The number of hydrogen-bond donors (Lipinski definition) is 2. The molecule has 1 saturated carbocycles. The summed E-state index contributed by atoms with van der Waals surface area (Å²) in [6.07, 6.45) is 4.81. The van der Waals surface area contributed by atoms with E-state index in [9.17, 15) is 8.42 Å². The second-order valence-corrected chi connectivity index (χ2v) is 9.56. The van der Waals surface area contributed by atoms with Crippen molar-refractivity contribution in [1.82, 2.24) is 10.0 Å². The fourth-order valence-corrected chi connectivity index (χ4v) is 5.83. The van der Waals surface area contributed by atoms with Crippen molar-refractivity contribution in [3.63, 3.8) is 0 Å². The van der Waals surface area contributed by atoms with Crippen LogP contribution in [0, 0.1) is 0 Å². The molecule has 4 nitrogen and oxygen atoms in total. The first kappa shape index (κ1) is 14.8. The SMILES string of the molecule is O=S(=O)(NCC1CCCS1)c1csc(CNC2CC2)c1. The van der Waals surface area contributed by atoms with Crippen LogP contribution in [-0.2, 0) is 16.6 Å². The van der Waals surface area contributed by atoms with Gasteiger partial charge < -0.3 is 5.32 Å². The van der Waals surface area contributed by atoms with Gasteiger partial charge in [0, 0.05) is 34.6 Å². The van der Waals surface area contributed by atoms with Crippen LogP contribution in [0.2, 0.25) is 0 Å². The summed E-state index contributed by atoms with van der Waals surface area (Å²) in [7, 11) is -3.33. The topological polar surface area (TPSA) is 58.2 Å². The molecular weight excluding hydrogens is 312 g/mol. The fraction of sp³-hybridized carbons (Fsp3) is 0.692. The second kappa shape index (κ2) is 6.36. The van der Waals surface area contributed by atoms with Crippen molar-refractivity contribution in [3.05, 3.63) is 16.3 Å². The van der Waals surface area contributed by atoms with Crippen LogP contribution in [0.3, 0.4) is 0 Å². The van der Waals surface area contributed by atoms with Gasteiger partial charge in [0.1, 0.15) is 0 Å². The van der Waals surface area contributed by atoms with E-state index in [-0.39, 0.29) is 0 Å². The van der Waals surface area contributed by atoms with E-state index in [0.717, 1.165) is 23.6 Å². The molecule has 1 unspecified atom stereocenters. The number of nitrogens with one attached hydrogen (secondary N) is 2. The van der Waals surface area contributed by atoms with Crippen LogP contribution >= 0.6 is 23.1 Å². The summed E-state index contributed by atoms with van der Waals surface area (Å²) in [5.74, 6) is 1.15. The van der Waals surface area contributed by atoms with Crippen molar-refractivity contribution in [1.29, 1.82) is 0 Å². The lowest BCUT2D eigenvalue weighted by molar-refractivity contribution is 0.579. The minimum atomic E-state index is -3.33. The van der Waals surface area contributed by atoms with Crippen molar-refractivity contribution >= 4 is 33.1 Å². The van der Waals surface area contributed by atoms with Crippen LogP contribution in [0.5, 0.6) is 0 Å². The number of thiophene rings is 1. The lowest BCUT2D eigenvalue weighted by Crippen LogP contribution is -2.29. The van der Waals surface area contributed by atoms with Gasteiger partial charge in [0.15, 0.2) is 0 Å². The number of sulfonamides is 1. The molecule has 7 heteroatoms. The van der Waals surface area contributed by atoms with E-state index in [4.69, 9.17) is 0 Å². The minimum absolute atomic E-state index is 0.415. The third kappa shape index (κ3) is 3.98.